The second kappa shape index (κ2) is 4.37. The molecular formula is C14H16N2OS. The van der Waals surface area contributed by atoms with Gasteiger partial charge in [0.05, 0.1) is 16.7 Å². The van der Waals surface area contributed by atoms with Crippen molar-refractivity contribution in [2.45, 2.75) is 33.0 Å². The van der Waals surface area contributed by atoms with E-state index in [1.54, 1.807) is 18.3 Å². The standard InChI is InChI=1S/C14H16N2OS/c1-9-13(10(2)17)18-14(15-9)16-7-11-5-3-4-6-12(11)8-16/h3-6,10,17H,7-8H2,1-2H3. The number of hydrogen-bond donors (Lipinski definition) is 1. The molecule has 4 heteroatoms. The third-order valence-corrected chi connectivity index (χ3v) is 4.70. The van der Waals surface area contributed by atoms with Gasteiger partial charge in [-0.15, -0.1) is 0 Å². The first kappa shape index (κ1) is 11.7. The van der Waals surface area contributed by atoms with Gasteiger partial charge in [-0.3, -0.25) is 0 Å². The normalized spacial score (nSPS) is 15.8. The molecule has 3 rings (SSSR count). The zero-order chi connectivity index (χ0) is 12.7. The Morgan fingerprint density at radius 2 is 1.89 bits per heavy atom. The van der Waals surface area contributed by atoms with Crippen molar-refractivity contribution in [3.63, 3.8) is 0 Å². The summed E-state index contributed by atoms with van der Waals surface area (Å²) in [6, 6.07) is 8.50. The van der Waals surface area contributed by atoms with Crippen molar-refractivity contribution in [3.05, 3.63) is 46.0 Å². The summed E-state index contributed by atoms with van der Waals surface area (Å²) < 4.78 is 0. The molecule has 1 N–H and O–H groups in total. The maximum absolute atomic E-state index is 9.69. The summed E-state index contributed by atoms with van der Waals surface area (Å²) in [6.07, 6.45) is -0.429. The predicted molar refractivity (Wildman–Crippen MR) is 73.8 cm³/mol. The lowest BCUT2D eigenvalue weighted by molar-refractivity contribution is 0.202. The molecule has 0 aliphatic carbocycles. The number of rotatable bonds is 2. The molecule has 3 nitrogen and oxygen atoms in total. The Bertz CT molecular complexity index is 552. The summed E-state index contributed by atoms with van der Waals surface area (Å²) in [5.74, 6) is 0. The molecule has 18 heavy (non-hydrogen) atoms. The van der Waals surface area contributed by atoms with Crippen LogP contribution in [0.2, 0.25) is 0 Å². The van der Waals surface area contributed by atoms with Gasteiger partial charge in [-0.25, -0.2) is 4.98 Å². The number of anilines is 1. The van der Waals surface area contributed by atoms with E-state index in [1.165, 1.54) is 11.1 Å². The molecule has 1 aliphatic heterocycles. The molecule has 1 atom stereocenters. The number of aliphatic hydroxyl groups excluding tert-OH is 1. The lowest BCUT2D eigenvalue weighted by Gasteiger charge is -2.12. The first-order valence-corrected chi connectivity index (χ1v) is 6.94. The molecule has 1 aromatic heterocycles. The maximum atomic E-state index is 9.69. The predicted octanol–water partition coefficient (Wildman–Crippen LogP) is 3.03. The molecule has 0 saturated heterocycles. The van der Waals surface area contributed by atoms with Crippen LogP contribution in [0.5, 0.6) is 0 Å². The molecule has 1 aromatic carbocycles. The molecule has 94 valence electrons. The average Bonchev–Trinajstić information content (AvgIpc) is 2.91. The fraction of sp³-hybridized carbons (Fsp3) is 0.357. The van der Waals surface area contributed by atoms with E-state index in [0.717, 1.165) is 28.8 Å². The number of aryl methyl sites for hydroxylation is 1. The number of thiazole rings is 1. The molecular weight excluding hydrogens is 244 g/mol. The minimum atomic E-state index is -0.429. The van der Waals surface area contributed by atoms with Crippen molar-refractivity contribution >= 4 is 16.5 Å². The molecule has 0 spiro atoms. The van der Waals surface area contributed by atoms with E-state index < -0.39 is 6.10 Å². The van der Waals surface area contributed by atoms with Crippen LogP contribution in [0.25, 0.3) is 0 Å². The van der Waals surface area contributed by atoms with E-state index in [2.05, 4.69) is 34.1 Å². The van der Waals surface area contributed by atoms with Gasteiger partial charge >= 0.3 is 0 Å². The van der Waals surface area contributed by atoms with Crippen molar-refractivity contribution in [3.8, 4) is 0 Å². The Morgan fingerprint density at radius 1 is 1.28 bits per heavy atom. The third kappa shape index (κ3) is 1.91. The molecule has 0 fully saturated rings. The molecule has 2 heterocycles. The molecule has 0 radical (unpaired) electrons. The first-order valence-electron chi connectivity index (χ1n) is 6.12. The summed E-state index contributed by atoms with van der Waals surface area (Å²) >= 11 is 1.60. The van der Waals surface area contributed by atoms with Crippen molar-refractivity contribution in [2.24, 2.45) is 0 Å². The van der Waals surface area contributed by atoms with Gasteiger partial charge in [0, 0.05) is 13.1 Å². The minimum Gasteiger partial charge on any atom is -0.388 e. The number of hydrogen-bond acceptors (Lipinski definition) is 4. The monoisotopic (exact) mass is 260 g/mol. The number of aliphatic hydroxyl groups is 1. The molecule has 1 aliphatic rings. The van der Waals surface area contributed by atoms with Crippen LogP contribution in [0.4, 0.5) is 5.13 Å². The molecule has 0 saturated carbocycles. The fourth-order valence-corrected chi connectivity index (χ4v) is 3.39. The van der Waals surface area contributed by atoms with E-state index in [4.69, 9.17) is 0 Å². The van der Waals surface area contributed by atoms with Crippen LogP contribution in [0.1, 0.15) is 34.7 Å². The zero-order valence-corrected chi connectivity index (χ0v) is 11.4. The lowest BCUT2D eigenvalue weighted by Crippen LogP contribution is -2.13. The van der Waals surface area contributed by atoms with Crippen LogP contribution in [0, 0.1) is 6.92 Å². The van der Waals surface area contributed by atoms with E-state index in [9.17, 15) is 5.11 Å². The topological polar surface area (TPSA) is 36.4 Å². The van der Waals surface area contributed by atoms with Crippen LogP contribution < -0.4 is 4.90 Å². The lowest BCUT2D eigenvalue weighted by atomic mass is 10.1. The summed E-state index contributed by atoms with van der Waals surface area (Å²) in [7, 11) is 0. The second-order valence-corrected chi connectivity index (χ2v) is 5.76. The summed E-state index contributed by atoms with van der Waals surface area (Å²) in [6.45, 7) is 5.60. The number of aromatic nitrogens is 1. The number of fused-ring (bicyclic) bond motifs is 1. The van der Waals surface area contributed by atoms with E-state index in [-0.39, 0.29) is 0 Å². The van der Waals surface area contributed by atoms with Gasteiger partial charge in [-0.1, -0.05) is 35.6 Å². The number of nitrogens with zero attached hydrogens (tertiary/aromatic N) is 2. The highest BCUT2D eigenvalue weighted by molar-refractivity contribution is 7.15. The third-order valence-electron chi connectivity index (χ3n) is 3.31. The molecule has 2 aromatic rings. The SMILES string of the molecule is Cc1nc(N2Cc3ccccc3C2)sc1C(C)O. The first-order chi connectivity index (χ1) is 8.65. The van der Waals surface area contributed by atoms with E-state index in [0.29, 0.717) is 0 Å². The maximum Gasteiger partial charge on any atom is 0.186 e. The summed E-state index contributed by atoms with van der Waals surface area (Å²) in [5.41, 5.74) is 3.70. The van der Waals surface area contributed by atoms with Gasteiger partial charge in [0.25, 0.3) is 0 Å². The summed E-state index contributed by atoms with van der Waals surface area (Å²) in [5, 5.41) is 10.7. The molecule has 0 amide bonds. The number of benzene rings is 1. The van der Waals surface area contributed by atoms with E-state index >= 15 is 0 Å². The highest BCUT2D eigenvalue weighted by Gasteiger charge is 2.22. The van der Waals surface area contributed by atoms with Gasteiger partial charge < -0.3 is 10.0 Å². The van der Waals surface area contributed by atoms with Gasteiger partial charge in [-0.2, -0.15) is 0 Å². The van der Waals surface area contributed by atoms with Gasteiger partial charge in [0.1, 0.15) is 0 Å². The second-order valence-electron chi connectivity index (χ2n) is 4.75. The van der Waals surface area contributed by atoms with Crippen LogP contribution in [0.3, 0.4) is 0 Å². The van der Waals surface area contributed by atoms with Crippen molar-refractivity contribution in [2.75, 3.05) is 4.90 Å². The van der Waals surface area contributed by atoms with E-state index in [1.807, 2.05) is 6.92 Å². The van der Waals surface area contributed by atoms with Crippen LogP contribution in [-0.4, -0.2) is 10.1 Å². The Balaban J connectivity index is 1.88. The zero-order valence-electron chi connectivity index (χ0n) is 10.6. The summed E-state index contributed by atoms with van der Waals surface area (Å²) in [4.78, 5) is 7.83. The minimum absolute atomic E-state index is 0.429. The quantitative estimate of drug-likeness (QED) is 0.901. The van der Waals surface area contributed by atoms with Gasteiger partial charge in [0.15, 0.2) is 5.13 Å². The smallest absolute Gasteiger partial charge is 0.186 e. The Labute approximate surface area is 111 Å². The fourth-order valence-electron chi connectivity index (χ4n) is 2.38. The van der Waals surface area contributed by atoms with Crippen LogP contribution in [-0.2, 0) is 13.1 Å². The Morgan fingerprint density at radius 3 is 2.39 bits per heavy atom. The highest BCUT2D eigenvalue weighted by Crippen LogP contribution is 2.35. The largest absolute Gasteiger partial charge is 0.388 e. The van der Waals surface area contributed by atoms with Crippen molar-refractivity contribution in [1.82, 2.24) is 4.98 Å². The Kier molecular flexibility index (Phi) is 2.84. The Hall–Kier alpha value is -1.39. The van der Waals surface area contributed by atoms with Crippen LogP contribution >= 0.6 is 11.3 Å². The van der Waals surface area contributed by atoms with Crippen molar-refractivity contribution < 1.29 is 5.11 Å². The van der Waals surface area contributed by atoms with Gasteiger partial charge in [-0.05, 0) is 25.0 Å². The van der Waals surface area contributed by atoms with Gasteiger partial charge in [0.2, 0.25) is 0 Å². The molecule has 1 unspecified atom stereocenters. The van der Waals surface area contributed by atoms with Crippen molar-refractivity contribution in [1.29, 1.82) is 0 Å². The average molecular weight is 260 g/mol. The highest BCUT2D eigenvalue weighted by atomic mass is 32.1. The molecule has 0 bridgehead atoms. The van der Waals surface area contributed by atoms with Crippen LogP contribution in [0.15, 0.2) is 24.3 Å².